The number of nitrogens with zero attached hydrogens (tertiary/aromatic N) is 1. The van der Waals surface area contributed by atoms with Crippen LogP contribution in [0.3, 0.4) is 0 Å². The number of thiophene rings is 1. The van der Waals surface area contributed by atoms with E-state index in [2.05, 4.69) is 62.2 Å². The van der Waals surface area contributed by atoms with E-state index in [1.54, 1.807) is 0 Å². The molecule has 0 saturated carbocycles. The molecular formula is C16H22N2S. The van der Waals surface area contributed by atoms with Crippen molar-refractivity contribution < 1.29 is 0 Å². The van der Waals surface area contributed by atoms with Crippen LogP contribution < -0.4 is 5.73 Å². The van der Waals surface area contributed by atoms with Gasteiger partial charge in [-0.05, 0) is 38.1 Å². The lowest BCUT2D eigenvalue weighted by Gasteiger charge is -2.27. The molecule has 2 rings (SSSR count). The van der Waals surface area contributed by atoms with Crippen LogP contribution in [0.2, 0.25) is 0 Å². The molecular weight excluding hydrogens is 252 g/mol. The first-order valence-electron chi connectivity index (χ1n) is 6.63. The first-order chi connectivity index (χ1) is 9.11. The van der Waals surface area contributed by atoms with Crippen LogP contribution in [-0.4, -0.2) is 18.5 Å². The van der Waals surface area contributed by atoms with Gasteiger partial charge in [0.25, 0.3) is 0 Å². The number of hydrogen-bond donors (Lipinski definition) is 1. The average molecular weight is 274 g/mol. The molecule has 0 fully saturated rings. The van der Waals surface area contributed by atoms with Crippen LogP contribution in [0.4, 0.5) is 0 Å². The van der Waals surface area contributed by atoms with Crippen molar-refractivity contribution in [3.8, 4) is 0 Å². The Morgan fingerprint density at radius 3 is 2.42 bits per heavy atom. The van der Waals surface area contributed by atoms with E-state index in [0.717, 1.165) is 6.54 Å². The second kappa shape index (κ2) is 6.33. The summed E-state index contributed by atoms with van der Waals surface area (Å²) in [7, 11) is 2.15. The van der Waals surface area contributed by atoms with Gasteiger partial charge in [-0.15, -0.1) is 11.3 Å². The zero-order chi connectivity index (χ0) is 13.8. The van der Waals surface area contributed by atoms with Crippen LogP contribution >= 0.6 is 11.3 Å². The molecule has 1 aromatic heterocycles. The summed E-state index contributed by atoms with van der Waals surface area (Å²) in [5, 5.41) is 0. The van der Waals surface area contributed by atoms with Crippen molar-refractivity contribution in [1.82, 2.24) is 4.90 Å². The monoisotopic (exact) mass is 274 g/mol. The minimum atomic E-state index is 0.296. The van der Waals surface area contributed by atoms with Crippen LogP contribution in [0, 0.1) is 13.8 Å². The van der Waals surface area contributed by atoms with Crippen molar-refractivity contribution in [3.63, 3.8) is 0 Å². The quantitative estimate of drug-likeness (QED) is 0.904. The van der Waals surface area contributed by atoms with Gasteiger partial charge in [0.2, 0.25) is 0 Å². The predicted octanol–water partition coefficient (Wildman–Crippen LogP) is 3.50. The van der Waals surface area contributed by atoms with E-state index in [-0.39, 0.29) is 0 Å². The molecule has 2 aromatic rings. The van der Waals surface area contributed by atoms with Crippen molar-refractivity contribution in [1.29, 1.82) is 0 Å². The number of aryl methyl sites for hydroxylation is 2. The molecule has 0 saturated heterocycles. The van der Waals surface area contributed by atoms with Crippen LogP contribution in [0.15, 0.2) is 36.4 Å². The molecule has 1 unspecified atom stereocenters. The SMILES string of the molecule is Cc1cc(C(CN)N(C)Cc2ccccc2)c(C)s1. The largest absolute Gasteiger partial charge is 0.329 e. The standard InChI is InChI=1S/C16H22N2S/c1-12-9-15(13(2)19-12)16(10-17)18(3)11-14-7-5-4-6-8-14/h4-9,16H,10-11,17H2,1-3H3. The van der Waals surface area contributed by atoms with E-state index in [1.165, 1.54) is 20.9 Å². The highest BCUT2D eigenvalue weighted by Crippen LogP contribution is 2.29. The van der Waals surface area contributed by atoms with Gasteiger partial charge in [-0.25, -0.2) is 0 Å². The third-order valence-electron chi connectivity index (χ3n) is 3.47. The van der Waals surface area contributed by atoms with Gasteiger partial charge in [-0.1, -0.05) is 30.3 Å². The highest BCUT2D eigenvalue weighted by molar-refractivity contribution is 7.12. The Morgan fingerprint density at radius 1 is 1.21 bits per heavy atom. The first-order valence-corrected chi connectivity index (χ1v) is 7.44. The fraction of sp³-hybridized carbons (Fsp3) is 0.375. The summed E-state index contributed by atoms with van der Waals surface area (Å²) in [4.78, 5) is 5.08. The van der Waals surface area contributed by atoms with Crippen LogP contribution in [0.5, 0.6) is 0 Å². The lowest BCUT2D eigenvalue weighted by molar-refractivity contribution is 0.241. The maximum absolute atomic E-state index is 6.00. The number of rotatable bonds is 5. The molecule has 2 nitrogen and oxygen atoms in total. The second-order valence-corrected chi connectivity index (χ2v) is 6.48. The lowest BCUT2D eigenvalue weighted by Crippen LogP contribution is -2.30. The summed E-state index contributed by atoms with van der Waals surface area (Å²) in [6.07, 6.45) is 0. The molecule has 0 bridgehead atoms. The van der Waals surface area contributed by atoms with Gasteiger partial charge >= 0.3 is 0 Å². The molecule has 1 atom stereocenters. The molecule has 0 aliphatic heterocycles. The van der Waals surface area contributed by atoms with E-state index >= 15 is 0 Å². The molecule has 0 amide bonds. The Kier molecular flexibility index (Phi) is 4.75. The molecule has 3 heteroatoms. The van der Waals surface area contributed by atoms with Gasteiger partial charge in [-0.2, -0.15) is 0 Å². The molecule has 0 aliphatic rings. The van der Waals surface area contributed by atoms with Crippen molar-refractivity contribution in [3.05, 3.63) is 57.3 Å². The summed E-state index contributed by atoms with van der Waals surface area (Å²) < 4.78 is 0. The third-order valence-corrected chi connectivity index (χ3v) is 4.45. The summed E-state index contributed by atoms with van der Waals surface area (Å²) in [5.41, 5.74) is 8.71. The fourth-order valence-electron chi connectivity index (χ4n) is 2.51. The fourth-order valence-corrected chi connectivity index (χ4v) is 3.49. The predicted molar refractivity (Wildman–Crippen MR) is 83.5 cm³/mol. The first kappa shape index (κ1) is 14.3. The third kappa shape index (κ3) is 3.44. The highest BCUT2D eigenvalue weighted by Gasteiger charge is 2.19. The van der Waals surface area contributed by atoms with Gasteiger partial charge in [0, 0.05) is 28.9 Å². The summed E-state index contributed by atoms with van der Waals surface area (Å²) in [6.45, 7) is 5.93. The van der Waals surface area contributed by atoms with E-state index in [9.17, 15) is 0 Å². The van der Waals surface area contributed by atoms with E-state index in [4.69, 9.17) is 5.73 Å². The van der Waals surface area contributed by atoms with Gasteiger partial charge in [-0.3, -0.25) is 4.90 Å². The molecule has 2 N–H and O–H groups in total. The van der Waals surface area contributed by atoms with Crippen LogP contribution in [0.25, 0.3) is 0 Å². The molecule has 0 spiro atoms. The smallest absolute Gasteiger partial charge is 0.0481 e. The van der Waals surface area contributed by atoms with Crippen molar-refractivity contribution in [2.45, 2.75) is 26.4 Å². The van der Waals surface area contributed by atoms with E-state index < -0.39 is 0 Å². The van der Waals surface area contributed by atoms with Gasteiger partial charge in [0.05, 0.1) is 0 Å². The lowest BCUT2D eigenvalue weighted by atomic mass is 10.1. The van der Waals surface area contributed by atoms with Crippen molar-refractivity contribution in [2.75, 3.05) is 13.6 Å². The Morgan fingerprint density at radius 2 is 1.89 bits per heavy atom. The number of likely N-dealkylation sites (N-methyl/N-ethyl adjacent to an activating group) is 1. The highest BCUT2D eigenvalue weighted by atomic mass is 32.1. The molecule has 19 heavy (non-hydrogen) atoms. The molecule has 0 aliphatic carbocycles. The maximum Gasteiger partial charge on any atom is 0.0481 e. The van der Waals surface area contributed by atoms with Gasteiger partial charge in [0.15, 0.2) is 0 Å². The van der Waals surface area contributed by atoms with E-state index in [1.807, 2.05) is 11.3 Å². The zero-order valence-corrected chi connectivity index (χ0v) is 12.7. The number of benzene rings is 1. The average Bonchev–Trinajstić information content (AvgIpc) is 2.71. The van der Waals surface area contributed by atoms with Crippen molar-refractivity contribution in [2.24, 2.45) is 5.73 Å². The van der Waals surface area contributed by atoms with Gasteiger partial charge < -0.3 is 5.73 Å². The Bertz CT molecular complexity index is 519. The minimum Gasteiger partial charge on any atom is -0.329 e. The second-order valence-electron chi connectivity index (χ2n) is 5.02. The van der Waals surface area contributed by atoms with Crippen LogP contribution in [-0.2, 0) is 6.54 Å². The van der Waals surface area contributed by atoms with E-state index in [0.29, 0.717) is 12.6 Å². The minimum absolute atomic E-state index is 0.296. The topological polar surface area (TPSA) is 29.3 Å². The summed E-state index contributed by atoms with van der Waals surface area (Å²) >= 11 is 1.85. The molecule has 1 heterocycles. The Hall–Kier alpha value is -1.16. The normalized spacial score (nSPS) is 12.9. The number of nitrogens with two attached hydrogens (primary N) is 1. The summed E-state index contributed by atoms with van der Waals surface area (Å²) in [5.74, 6) is 0. The molecule has 1 aromatic carbocycles. The number of hydrogen-bond acceptors (Lipinski definition) is 3. The molecule has 102 valence electrons. The maximum atomic E-state index is 6.00. The molecule has 0 radical (unpaired) electrons. The Labute approximate surface area is 119 Å². The summed E-state index contributed by atoms with van der Waals surface area (Å²) in [6, 6.07) is 13.1. The van der Waals surface area contributed by atoms with Crippen molar-refractivity contribution >= 4 is 11.3 Å². The Balaban J connectivity index is 2.15. The van der Waals surface area contributed by atoms with Gasteiger partial charge in [0.1, 0.15) is 0 Å². The van der Waals surface area contributed by atoms with Crippen LogP contribution in [0.1, 0.15) is 26.9 Å². The zero-order valence-electron chi connectivity index (χ0n) is 11.9.